The van der Waals surface area contributed by atoms with E-state index in [4.69, 9.17) is 5.73 Å². The largest absolute Gasteiger partial charge is 0.573 e. The number of alkyl halides is 3. The normalized spacial score (nSPS) is 28.4. The summed E-state index contributed by atoms with van der Waals surface area (Å²) in [6, 6.07) is 6.15. The van der Waals surface area contributed by atoms with Gasteiger partial charge in [-0.05, 0) is 31.2 Å². The molecule has 1 aromatic carbocycles. The summed E-state index contributed by atoms with van der Waals surface area (Å²) in [5, 5.41) is 0. The van der Waals surface area contributed by atoms with E-state index < -0.39 is 11.9 Å². The maximum absolute atomic E-state index is 12.3. The number of nitrogens with two attached hydrogens (primary N) is 1. The molecule has 5 heteroatoms. The molecule has 0 spiro atoms. The van der Waals surface area contributed by atoms with Crippen molar-refractivity contribution >= 4 is 0 Å². The lowest BCUT2D eigenvalue weighted by Crippen LogP contribution is -2.34. The van der Waals surface area contributed by atoms with E-state index in [1.165, 1.54) is 12.1 Å². The number of ether oxygens (including phenoxy) is 1. The molecule has 2 rings (SSSR count). The number of benzene rings is 1. The first-order chi connectivity index (χ1) is 8.30. The number of hydrogen-bond donors (Lipinski definition) is 1. The van der Waals surface area contributed by atoms with Crippen molar-refractivity contribution in [2.45, 2.75) is 38.1 Å². The van der Waals surface area contributed by atoms with Gasteiger partial charge >= 0.3 is 6.36 Å². The smallest absolute Gasteiger partial charge is 0.405 e. The minimum absolute atomic E-state index is 0.179. The lowest BCUT2D eigenvalue weighted by molar-refractivity contribution is -0.275. The Labute approximate surface area is 104 Å². The fraction of sp³-hybridized carbons (Fsp3) is 0.538. The van der Waals surface area contributed by atoms with E-state index in [1.807, 2.05) is 0 Å². The lowest BCUT2D eigenvalue weighted by Gasteiger charge is -2.27. The minimum Gasteiger partial charge on any atom is -0.405 e. The Morgan fingerprint density at radius 3 is 2.56 bits per heavy atom. The number of halogens is 3. The van der Waals surface area contributed by atoms with E-state index in [1.54, 1.807) is 12.1 Å². The molecule has 1 fully saturated rings. The van der Waals surface area contributed by atoms with Gasteiger partial charge in [-0.3, -0.25) is 0 Å². The summed E-state index contributed by atoms with van der Waals surface area (Å²) < 4.78 is 41.1. The molecule has 0 heterocycles. The highest BCUT2D eigenvalue weighted by Gasteiger charge is 2.39. The summed E-state index contributed by atoms with van der Waals surface area (Å²) in [6.45, 7) is 2.06. The average molecular weight is 259 g/mol. The third-order valence-electron chi connectivity index (χ3n) is 3.45. The molecule has 1 aromatic rings. The third kappa shape index (κ3) is 2.77. The molecule has 1 saturated carbocycles. The van der Waals surface area contributed by atoms with Crippen LogP contribution in [0.5, 0.6) is 5.75 Å². The fourth-order valence-electron chi connectivity index (χ4n) is 2.67. The van der Waals surface area contributed by atoms with Crippen LogP contribution in [0.4, 0.5) is 13.2 Å². The molecule has 2 unspecified atom stereocenters. The summed E-state index contributed by atoms with van der Waals surface area (Å²) in [5.41, 5.74) is 5.99. The quantitative estimate of drug-likeness (QED) is 0.881. The van der Waals surface area contributed by atoms with Gasteiger partial charge in [0.15, 0.2) is 0 Å². The maximum atomic E-state index is 12.3. The summed E-state index contributed by atoms with van der Waals surface area (Å²) >= 11 is 0. The molecule has 2 atom stereocenters. The Morgan fingerprint density at radius 1 is 1.33 bits per heavy atom. The second kappa shape index (κ2) is 4.46. The molecule has 18 heavy (non-hydrogen) atoms. The molecule has 0 aliphatic heterocycles. The molecule has 1 aliphatic rings. The molecule has 0 radical (unpaired) electrons. The van der Waals surface area contributed by atoms with E-state index in [0.29, 0.717) is 24.3 Å². The summed E-state index contributed by atoms with van der Waals surface area (Å²) in [5.74, 6) is 0.246. The first-order valence-corrected chi connectivity index (χ1v) is 5.94. The Morgan fingerprint density at radius 2 is 2.00 bits per heavy atom. The maximum Gasteiger partial charge on any atom is 0.573 e. The SMILES string of the molecule is CC1CCC(N)(c2ccccc2OC(F)(F)F)C1. The van der Waals surface area contributed by atoms with Crippen molar-refractivity contribution in [3.8, 4) is 5.75 Å². The Hall–Kier alpha value is -1.23. The number of hydrogen-bond acceptors (Lipinski definition) is 2. The van der Waals surface area contributed by atoms with E-state index >= 15 is 0 Å². The highest BCUT2D eigenvalue weighted by Crippen LogP contribution is 2.44. The predicted molar refractivity (Wildman–Crippen MR) is 62.0 cm³/mol. The molecule has 0 bridgehead atoms. The fourth-order valence-corrected chi connectivity index (χ4v) is 2.67. The van der Waals surface area contributed by atoms with Crippen molar-refractivity contribution in [2.75, 3.05) is 0 Å². The van der Waals surface area contributed by atoms with Gasteiger partial charge in [-0.1, -0.05) is 25.1 Å². The lowest BCUT2D eigenvalue weighted by atomic mass is 9.88. The first kappa shape index (κ1) is 13.2. The molecular formula is C13H16F3NO. The van der Waals surface area contributed by atoms with E-state index in [9.17, 15) is 13.2 Å². The molecule has 100 valence electrons. The van der Waals surface area contributed by atoms with E-state index in [2.05, 4.69) is 11.7 Å². The van der Waals surface area contributed by atoms with Crippen LogP contribution < -0.4 is 10.5 Å². The van der Waals surface area contributed by atoms with Crippen molar-refractivity contribution in [3.05, 3.63) is 29.8 Å². The van der Waals surface area contributed by atoms with Gasteiger partial charge in [0.25, 0.3) is 0 Å². The molecule has 1 aliphatic carbocycles. The van der Waals surface area contributed by atoms with Crippen LogP contribution in [0.2, 0.25) is 0 Å². The van der Waals surface area contributed by atoms with E-state index in [-0.39, 0.29) is 5.75 Å². The zero-order chi connectivity index (χ0) is 13.4. The molecule has 2 nitrogen and oxygen atoms in total. The van der Waals surface area contributed by atoms with Crippen LogP contribution in [-0.2, 0) is 5.54 Å². The van der Waals surface area contributed by atoms with Crippen LogP contribution >= 0.6 is 0 Å². The first-order valence-electron chi connectivity index (χ1n) is 5.94. The van der Waals surface area contributed by atoms with Crippen molar-refractivity contribution in [1.82, 2.24) is 0 Å². The minimum atomic E-state index is -4.68. The van der Waals surface area contributed by atoms with Gasteiger partial charge in [0, 0.05) is 11.1 Å². The third-order valence-corrected chi connectivity index (χ3v) is 3.45. The van der Waals surface area contributed by atoms with Gasteiger partial charge < -0.3 is 10.5 Å². The number of rotatable bonds is 2. The monoisotopic (exact) mass is 259 g/mol. The van der Waals surface area contributed by atoms with Crippen LogP contribution in [0.25, 0.3) is 0 Å². The molecule has 2 N–H and O–H groups in total. The zero-order valence-electron chi connectivity index (χ0n) is 10.1. The van der Waals surface area contributed by atoms with Gasteiger partial charge in [0.2, 0.25) is 0 Å². The van der Waals surface area contributed by atoms with Crippen molar-refractivity contribution in [2.24, 2.45) is 11.7 Å². The average Bonchev–Trinajstić information content (AvgIpc) is 2.58. The Balaban J connectivity index is 2.33. The summed E-state index contributed by atoms with van der Waals surface area (Å²) in [7, 11) is 0. The van der Waals surface area contributed by atoms with Crippen LogP contribution in [0, 0.1) is 5.92 Å². The standard InChI is InChI=1S/C13H16F3NO/c1-9-6-7-12(17,8-9)10-4-2-3-5-11(10)18-13(14,15)16/h2-5,9H,6-8,17H2,1H3. The second-order valence-corrected chi connectivity index (χ2v) is 5.05. The topological polar surface area (TPSA) is 35.2 Å². The van der Waals surface area contributed by atoms with Crippen LogP contribution in [0.3, 0.4) is 0 Å². The van der Waals surface area contributed by atoms with Gasteiger partial charge in [0.05, 0.1) is 0 Å². The molecule has 0 saturated heterocycles. The zero-order valence-corrected chi connectivity index (χ0v) is 10.1. The van der Waals surface area contributed by atoms with Crippen molar-refractivity contribution in [1.29, 1.82) is 0 Å². The van der Waals surface area contributed by atoms with Crippen molar-refractivity contribution < 1.29 is 17.9 Å². The highest BCUT2D eigenvalue weighted by molar-refractivity contribution is 5.39. The molecule has 0 aromatic heterocycles. The van der Waals surface area contributed by atoms with Crippen LogP contribution in [0.1, 0.15) is 31.7 Å². The second-order valence-electron chi connectivity index (χ2n) is 5.05. The van der Waals surface area contributed by atoms with Crippen LogP contribution in [0.15, 0.2) is 24.3 Å². The number of para-hydroxylation sites is 1. The van der Waals surface area contributed by atoms with Gasteiger partial charge in [-0.2, -0.15) is 0 Å². The Bertz CT molecular complexity index is 432. The van der Waals surface area contributed by atoms with Gasteiger partial charge in [0.1, 0.15) is 5.75 Å². The van der Waals surface area contributed by atoms with Crippen LogP contribution in [-0.4, -0.2) is 6.36 Å². The van der Waals surface area contributed by atoms with Gasteiger partial charge in [-0.15, -0.1) is 13.2 Å². The van der Waals surface area contributed by atoms with E-state index in [0.717, 1.165) is 6.42 Å². The Kier molecular flexibility index (Phi) is 3.27. The predicted octanol–water partition coefficient (Wildman–Crippen LogP) is 3.56. The highest BCUT2D eigenvalue weighted by atomic mass is 19.4. The molecule has 0 amide bonds. The summed E-state index contributed by atoms with van der Waals surface area (Å²) in [6.07, 6.45) is -2.38. The van der Waals surface area contributed by atoms with Crippen molar-refractivity contribution in [3.63, 3.8) is 0 Å². The van der Waals surface area contributed by atoms with Gasteiger partial charge in [-0.25, -0.2) is 0 Å². The summed E-state index contributed by atoms with van der Waals surface area (Å²) in [4.78, 5) is 0. The molecular weight excluding hydrogens is 243 g/mol.